The summed E-state index contributed by atoms with van der Waals surface area (Å²) in [7, 11) is 3.79. The summed E-state index contributed by atoms with van der Waals surface area (Å²) in [6.07, 6.45) is 7.57. The Morgan fingerprint density at radius 2 is 1.74 bits per heavy atom. The first-order valence-corrected chi connectivity index (χ1v) is 15.1. The smallest absolute Gasteiger partial charge is 0.317 e. The van der Waals surface area contributed by atoms with E-state index in [9.17, 15) is 4.79 Å². The molecule has 43 heavy (non-hydrogen) atoms. The molecule has 11 nitrogen and oxygen atoms in total. The van der Waals surface area contributed by atoms with Crippen molar-refractivity contribution in [3.05, 3.63) is 65.5 Å². The lowest BCUT2D eigenvalue weighted by Gasteiger charge is -2.27. The molecule has 0 bridgehead atoms. The van der Waals surface area contributed by atoms with Crippen molar-refractivity contribution in [2.75, 3.05) is 44.2 Å². The molecule has 1 fully saturated rings. The van der Waals surface area contributed by atoms with Crippen LogP contribution in [0.1, 0.15) is 48.8 Å². The molecular formula is C32H40N8O3. The van der Waals surface area contributed by atoms with Gasteiger partial charge in [-0.05, 0) is 43.0 Å². The van der Waals surface area contributed by atoms with Gasteiger partial charge >= 0.3 is 6.03 Å². The Kier molecular flexibility index (Phi) is 8.48. The van der Waals surface area contributed by atoms with E-state index >= 15 is 0 Å². The first kappa shape index (κ1) is 28.6. The predicted molar refractivity (Wildman–Crippen MR) is 167 cm³/mol. The van der Waals surface area contributed by atoms with Gasteiger partial charge in [-0.3, -0.25) is 0 Å². The number of likely N-dealkylation sites (N-methyl/N-ethyl adjacent to an activating group) is 2. The quantitative estimate of drug-likeness (QED) is 0.270. The topological polar surface area (TPSA) is 110 Å². The van der Waals surface area contributed by atoms with Crippen molar-refractivity contribution in [1.29, 1.82) is 0 Å². The van der Waals surface area contributed by atoms with Crippen LogP contribution in [-0.2, 0) is 13.1 Å². The average Bonchev–Trinajstić information content (AvgIpc) is 3.67. The molecule has 0 unspecified atom stereocenters. The number of amides is 2. The number of urea groups is 1. The summed E-state index contributed by atoms with van der Waals surface area (Å²) in [5.41, 5.74) is 4.87. The molecule has 2 aromatic heterocycles. The third-order valence-corrected chi connectivity index (χ3v) is 8.21. The molecule has 2 aromatic carbocycles. The molecule has 6 rings (SSSR count). The largest absolute Gasteiger partial charge is 0.454 e. The lowest BCUT2D eigenvalue weighted by atomic mass is 9.96. The van der Waals surface area contributed by atoms with Crippen LogP contribution in [0.2, 0.25) is 0 Å². The Morgan fingerprint density at radius 3 is 2.56 bits per heavy atom. The fourth-order valence-electron chi connectivity index (χ4n) is 5.50. The van der Waals surface area contributed by atoms with E-state index in [1.54, 1.807) is 4.90 Å². The maximum Gasteiger partial charge on any atom is 0.317 e. The zero-order chi connectivity index (χ0) is 29.8. The second-order valence-corrected chi connectivity index (χ2v) is 11.6. The number of imidazole rings is 1. The third kappa shape index (κ3) is 6.76. The standard InChI is InChI=1S/C32H40N8O3/c1-22-9-11-23(12-10-22)19-40-20-34-28-29(33-18-24-13-14-26-27(17-24)43-21-42-26)36-31(37-30(28)40)38(2)15-16-39(3)32(41)35-25-7-5-4-6-8-25/h9-14,17,20,25H,4-8,15-16,18-19,21H2,1-3H3,(H,35,41)(H,33,36,37). The van der Waals surface area contributed by atoms with Gasteiger partial charge in [0.15, 0.2) is 28.5 Å². The van der Waals surface area contributed by atoms with E-state index in [1.807, 2.05) is 43.5 Å². The maximum atomic E-state index is 12.8. The van der Waals surface area contributed by atoms with Gasteiger partial charge < -0.3 is 34.5 Å². The number of rotatable bonds is 10. The second-order valence-electron chi connectivity index (χ2n) is 11.6. The number of aromatic nitrogens is 4. The van der Waals surface area contributed by atoms with Gasteiger partial charge in [0.2, 0.25) is 12.7 Å². The highest BCUT2D eigenvalue weighted by Gasteiger charge is 2.20. The maximum absolute atomic E-state index is 12.8. The molecule has 226 valence electrons. The molecule has 0 spiro atoms. The van der Waals surface area contributed by atoms with Gasteiger partial charge in [-0.25, -0.2) is 9.78 Å². The number of carbonyl (C=O) groups is 1. The first-order chi connectivity index (χ1) is 20.9. The van der Waals surface area contributed by atoms with E-state index in [2.05, 4.69) is 46.4 Å². The van der Waals surface area contributed by atoms with Crippen LogP contribution in [0.25, 0.3) is 11.2 Å². The molecule has 0 atom stereocenters. The highest BCUT2D eigenvalue weighted by molar-refractivity contribution is 5.84. The minimum absolute atomic E-state index is 0.0288. The lowest BCUT2D eigenvalue weighted by molar-refractivity contribution is 0.174. The van der Waals surface area contributed by atoms with Crippen molar-refractivity contribution < 1.29 is 14.3 Å². The van der Waals surface area contributed by atoms with Crippen LogP contribution >= 0.6 is 0 Å². The zero-order valence-corrected chi connectivity index (χ0v) is 25.2. The highest BCUT2D eigenvalue weighted by Crippen LogP contribution is 2.33. The van der Waals surface area contributed by atoms with Gasteiger partial charge in [0.1, 0.15) is 0 Å². The van der Waals surface area contributed by atoms with Crippen molar-refractivity contribution in [2.45, 2.75) is 58.2 Å². The van der Waals surface area contributed by atoms with Gasteiger partial charge in [-0.1, -0.05) is 55.2 Å². The fourth-order valence-corrected chi connectivity index (χ4v) is 5.50. The summed E-state index contributed by atoms with van der Waals surface area (Å²) in [4.78, 5) is 31.1. The molecule has 1 saturated carbocycles. The number of ether oxygens (including phenoxy) is 2. The molecule has 11 heteroatoms. The highest BCUT2D eigenvalue weighted by atomic mass is 16.7. The minimum Gasteiger partial charge on any atom is -0.454 e. The monoisotopic (exact) mass is 584 g/mol. The number of nitrogens with one attached hydrogen (secondary N) is 2. The Hall–Kier alpha value is -4.54. The molecular weight excluding hydrogens is 544 g/mol. The normalized spacial score (nSPS) is 14.6. The van der Waals surface area contributed by atoms with E-state index in [-0.39, 0.29) is 18.9 Å². The van der Waals surface area contributed by atoms with E-state index in [4.69, 9.17) is 24.4 Å². The summed E-state index contributed by atoms with van der Waals surface area (Å²) in [5, 5.41) is 6.67. The van der Waals surface area contributed by atoms with E-state index < -0.39 is 0 Å². The number of benzene rings is 2. The Bertz CT molecular complexity index is 1570. The van der Waals surface area contributed by atoms with Crippen LogP contribution in [0.4, 0.5) is 16.6 Å². The number of hydrogen-bond donors (Lipinski definition) is 2. The minimum atomic E-state index is -0.0288. The molecule has 4 aromatic rings. The third-order valence-electron chi connectivity index (χ3n) is 8.21. The number of aryl methyl sites for hydroxylation is 1. The zero-order valence-electron chi connectivity index (χ0n) is 25.2. The van der Waals surface area contributed by atoms with Gasteiger partial charge in [0.25, 0.3) is 0 Å². The number of nitrogens with zero attached hydrogens (tertiary/aromatic N) is 6. The molecule has 0 saturated heterocycles. The second kappa shape index (κ2) is 12.8. The van der Waals surface area contributed by atoms with E-state index in [0.29, 0.717) is 43.5 Å². The summed E-state index contributed by atoms with van der Waals surface area (Å²) in [5.74, 6) is 2.71. The molecule has 1 aliphatic heterocycles. The Morgan fingerprint density at radius 1 is 0.977 bits per heavy atom. The molecule has 3 heterocycles. The molecule has 2 aliphatic rings. The van der Waals surface area contributed by atoms with Crippen molar-refractivity contribution in [2.24, 2.45) is 0 Å². The van der Waals surface area contributed by atoms with Crippen LogP contribution in [0, 0.1) is 6.92 Å². The summed E-state index contributed by atoms with van der Waals surface area (Å²) >= 11 is 0. The SMILES string of the molecule is Cc1ccc(Cn2cnc3c(NCc4ccc5c(c4)OCO5)nc(N(C)CCN(C)C(=O)NC4CCCCC4)nc32)cc1. The van der Waals surface area contributed by atoms with E-state index in [0.717, 1.165) is 35.6 Å². The number of hydrogen-bond acceptors (Lipinski definition) is 8. The Labute approximate surface area is 252 Å². The average molecular weight is 585 g/mol. The van der Waals surface area contributed by atoms with Crippen LogP contribution < -0.4 is 25.0 Å². The van der Waals surface area contributed by atoms with Gasteiger partial charge in [0.05, 0.1) is 12.9 Å². The summed E-state index contributed by atoms with van der Waals surface area (Å²) in [6, 6.07) is 14.6. The summed E-state index contributed by atoms with van der Waals surface area (Å²) < 4.78 is 13.1. The van der Waals surface area contributed by atoms with Crippen molar-refractivity contribution >= 4 is 29.0 Å². The molecule has 2 N–H and O–H groups in total. The van der Waals surface area contributed by atoms with Crippen LogP contribution in [-0.4, -0.2) is 70.5 Å². The first-order valence-electron chi connectivity index (χ1n) is 15.1. The van der Waals surface area contributed by atoms with Crippen LogP contribution in [0.15, 0.2) is 48.8 Å². The lowest BCUT2D eigenvalue weighted by Crippen LogP contribution is -2.45. The number of carbonyl (C=O) groups excluding carboxylic acids is 1. The van der Waals surface area contributed by atoms with Gasteiger partial charge in [-0.2, -0.15) is 9.97 Å². The predicted octanol–water partition coefficient (Wildman–Crippen LogP) is 4.93. The van der Waals surface area contributed by atoms with Crippen molar-refractivity contribution in [3.63, 3.8) is 0 Å². The molecule has 2 amide bonds. The van der Waals surface area contributed by atoms with Crippen LogP contribution in [0.5, 0.6) is 11.5 Å². The number of anilines is 2. The molecule has 1 aliphatic carbocycles. The van der Waals surface area contributed by atoms with Crippen LogP contribution in [0.3, 0.4) is 0 Å². The number of fused-ring (bicyclic) bond motifs is 2. The molecule has 0 radical (unpaired) electrons. The van der Waals surface area contributed by atoms with E-state index in [1.165, 1.54) is 30.4 Å². The van der Waals surface area contributed by atoms with Crippen molar-refractivity contribution in [1.82, 2.24) is 29.7 Å². The summed E-state index contributed by atoms with van der Waals surface area (Å²) in [6.45, 7) is 4.61. The van der Waals surface area contributed by atoms with Gasteiger partial charge in [0, 0.05) is 39.8 Å². The fraction of sp³-hybridized carbons (Fsp3) is 0.438. The van der Waals surface area contributed by atoms with Crippen molar-refractivity contribution in [3.8, 4) is 11.5 Å². The Balaban J connectivity index is 1.20. The van der Waals surface area contributed by atoms with Gasteiger partial charge in [-0.15, -0.1) is 0 Å².